The maximum Gasteiger partial charge on any atom is 0.234 e. The molecule has 4 atom stereocenters. The molecule has 2 aromatic rings. The van der Waals surface area contributed by atoms with Crippen molar-refractivity contribution in [2.45, 2.75) is 32.1 Å². The van der Waals surface area contributed by atoms with Gasteiger partial charge in [0.1, 0.15) is 5.60 Å². The molecule has 5 rings (SSSR count). The molecule has 0 saturated carbocycles. The average molecular weight is 403 g/mol. The van der Waals surface area contributed by atoms with Crippen LogP contribution in [0.5, 0.6) is 0 Å². The van der Waals surface area contributed by atoms with Crippen LogP contribution in [0.3, 0.4) is 0 Å². The normalized spacial score (nSPS) is 28.8. The van der Waals surface area contributed by atoms with E-state index >= 15 is 0 Å². The van der Waals surface area contributed by atoms with E-state index in [0.717, 1.165) is 16.8 Å². The van der Waals surface area contributed by atoms with Gasteiger partial charge in [0.2, 0.25) is 11.8 Å². The van der Waals surface area contributed by atoms with Crippen LogP contribution in [-0.4, -0.2) is 47.0 Å². The Morgan fingerprint density at radius 3 is 2.87 bits per heavy atom. The van der Waals surface area contributed by atoms with Crippen LogP contribution in [0.4, 0.5) is 5.69 Å². The summed E-state index contributed by atoms with van der Waals surface area (Å²) in [4.78, 5) is 34.5. The summed E-state index contributed by atoms with van der Waals surface area (Å²) in [6, 6.07) is 9.83. The van der Waals surface area contributed by atoms with Crippen LogP contribution in [0.15, 0.2) is 54.9 Å². The summed E-state index contributed by atoms with van der Waals surface area (Å²) in [5.41, 5.74) is 3.43. The van der Waals surface area contributed by atoms with Crippen molar-refractivity contribution in [3.8, 4) is 0 Å². The summed E-state index contributed by atoms with van der Waals surface area (Å²) in [5.74, 6) is -1.08. The molecule has 0 aliphatic carbocycles. The smallest absolute Gasteiger partial charge is 0.234 e. The number of aryl methyl sites for hydroxylation is 2. The topological polar surface area (TPSA) is 62.7 Å². The summed E-state index contributed by atoms with van der Waals surface area (Å²) in [5, 5.41) is 0. The highest BCUT2D eigenvalue weighted by molar-refractivity contribution is 6.03. The number of carbonyl (C=O) groups is 2. The fourth-order valence-electron chi connectivity index (χ4n) is 4.99. The van der Waals surface area contributed by atoms with Crippen LogP contribution < -0.4 is 4.90 Å². The van der Waals surface area contributed by atoms with Crippen LogP contribution >= 0.6 is 0 Å². The first-order valence-corrected chi connectivity index (χ1v) is 10.3. The van der Waals surface area contributed by atoms with Crippen LogP contribution in [0.1, 0.15) is 16.7 Å². The van der Waals surface area contributed by atoms with E-state index in [0.29, 0.717) is 13.1 Å². The molecule has 30 heavy (non-hydrogen) atoms. The Kier molecular flexibility index (Phi) is 4.29. The highest BCUT2D eigenvalue weighted by Crippen LogP contribution is 2.53. The third-order valence-electron chi connectivity index (χ3n) is 6.71. The lowest BCUT2D eigenvalue weighted by molar-refractivity contribution is -0.139. The first-order chi connectivity index (χ1) is 14.4. The first-order valence-electron chi connectivity index (χ1n) is 10.3. The number of rotatable bonds is 4. The molecule has 0 radical (unpaired) electrons. The Morgan fingerprint density at radius 2 is 2.13 bits per heavy atom. The monoisotopic (exact) mass is 403 g/mol. The van der Waals surface area contributed by atoms with Gasteiger partial charge < -0.3 is 14.5 Å². The molecule has 6 nitrogen and oxygen atoms in total. The molecule has 2 amide bonds. The lowest BCUT2D eigenvalue weighted by Gasteiger charge is -2.27. The van der Waals surface area contributed by atoms with E-state index in [1.54, 1.807) is 29.2 Å². The van der Waals surface area contributed by atoms with Crippen LogP contribution in [0, 0.1) is 25.7 Å². The molecule has 2 fully saturated rings. The minimum absolute atomic E-state index is 0.0294. The summed E-state index contributed by atoms with van der Waals surface area (Å²) in [6.45, 7) is 5.00. The van der Waals surface area contributed by atoms with E-state index in [9.17, 15) is 9.59 Å². The van der Waals surface area contributed by atoms with Crippen molar-refractivity contribution in [2.75, 3.05) is 18.5 Å². The van der Waals surface area contributed by atoms with E-state index in [-0.39, 0.29) is 17.9 Å². The number of nitrogens with zero attached hydrogens (tertiary/aromatic N) is 3. The third kappa shape index (κ3) is 2.78. The summed E-state index contributed by atoms with van der Waals surface area (Å²) < 4.78 is 6.26. The van der Waals surface area contributed by atoms with Gasteiger partial charge in [-0.2, -0.15) is 0 Å². The van der Waals surface area contributed by atoms with Crippen LogP contribution in [0.25, 0.3) is 0 Å². The number of pyridine rings is 1. The lowest BCUT2D eigenvalue weighted by atomic mass is 9.76. The fraction of sp³-hybridized carbons (Fsp3) is 0.375. The second-order valence-corrected chi connectivity index (χ2v) is 8.65. The third-order valence-corrected chi connectivity index (χ3v) is 6.71. The van der Waals surface area contributed by atoms with Gasteiger partial charge in [0.05, 0.1) is 24.5 Å². The van der Waals surface area contributed by atoms with Gasteiger partial charge in [-0.1, -0.05) is 24.3 Å². The zero-order valence-electron chi connectivity index (χ0n) is 17.4. The fourth-order valence-corrected chi connectivity index (χ4v) is 4.99. The van der Waals surface area contributed by atoms with E-state index in [1.807, 2.05) is 49.4 Å². The summed E-state index contributed by atoms with van der Waals surface area (Å²) >= 11 is 0. The Bertz CT molecular complexity index is 1050. The number of ether oxygens (including phenoxy) is 1. The molecule has 3 aliphatic heterocycles. The highest BCUT2D eigenvalue weighted by atomic mass is 16.5. The van der Waals surface area contributed by atoms with E-state index in [4.69, 9.17) is 4.74 Å². The number of benzene rings is 1. The predicted octanol–water partition coefficient (Wildman–Crippen LogP) is 2.64. The van der Waals surface area contributed by atoms with Gasteiger partial charge in [-0.05, 0) is 48.7 Å². The van der Waals surface area contributed by atoms with Crippen molar-refractivity contribution in [2.24, 2.45) is 11.8 Å². The maximum absolute atomic E-state index is 13.5. The number of anilines is 1. The molecule has 4 heterocycles. The Labute approximate surface area is 176 Å². The van der Waals surface area contributed by atoms with Crippen molar-refractivity contribution >= 4 is 17.5 Å². The first kappa shape index (κ1) is 19.0. The molecule has 0 N–H and O–H groups in total. The van der Waals surface area contributed by atoms with Crippen molar-refractivity contribution in [3.05, 3.63) is 71.6 Å². The number of aromatic nitrogens is 1. The predicted molar refractivity (Wildman–Crippen MR) is 113 cm³/mol. The number of fused-ring (bicyclic) bond motifs is 1. The van der Waals surface area contributed by atoms with Gasteiger partial charge in [0, 0.05) is 31.7 Å². The van der Waals surface area contributed by atoms with Gasteiger partial charge in [0.15, 0.2) is 0 Å². The second-order valence-electron chi connectivity index (χ2n) is 8.65. The van der Waals surface area contributed by atoms with E-state index < -0.39 is 17.4 Å². The molecule has 3 aliphatic rings. The zero-order chi connectivity index (χ0) is 21.0. The quantitative estimate of drug-likeness (QED) is 0.737. The van der Waals surface area contributed by atoms with Crippen LogP contribution in [0.2, 0.25) is 0 Å². The molecule has 1 spiro atoms. The summed E-state index contributed by atoms with van der Waals surface area (Å²) in [7, 11) is 1.78. The minimum Gasteiger partial charge on any atom is -0.360 e. The van der Waals surface area contributed by atoms with E-state index in [1.165, 1.54) is 5.56 Å². The summed E-state index contributed by atoms with van der Waals surface area (Å²) in [6.07, 6.45) is 7.07. The highest BCUT2D eigenvalue weighted by Gasteiger charge is 2.67. The Hall–Kier alpha value is -2.99. The Balaban J connectivity index is 1.42. The average Bonchev–Trinajstić information content (AvgIpc) is 3.38. The van der Waals surface area contributed by atoms with E-state index in [2.05, 4.69) is 11.9 Å². The molecule has 154 valence electrons. The SMILES string of the molecule is Cc1ccc(N2C[C@]34C=C[C@H](O3)[C@H](C(=O)N(C)Cc3cccnc3)[C@@H]4C2=O)cc1C. The van der Waals surface area contributed by atoms with Crippen molar-refractivity contribution in [1.82, 2.24) is 9.88 Å². The number of hydrogen-bond acceptors (Lipinski definition) is 4. The van der Waals surface area contributed by atoms with Crippen molar-refractivity contribution < 1.29 is 14.3 Å². The van der Waals surface area contributed by atoms with Crippen LogP contribution in [-0.2, 0) is 20.9 Å². The lowest BCUT2D eigenvalue weighted by Crippen LogP contribution is -2.44. The molecule has 1 aromatic heterocycles. The maximum atomic E-state index is 13.5. The number of carbonyl (C=O) groups excluding carboxylic acids is 2. The Morgan fingerprint density at radius 1 is 1.30 bits per heavy atom. The van der Waals surface area contributed by atoms with Gasteiger partial charge in [-0.25, -0.2) is 0 Å². The number of hydrogen-bond donors (Lipinski definition) is 0. The van der Waals surface area contributed by atoms with Gasteiger partial charge in [0.25, 0.3) is 0 Å². The van der Waals surface area contributed by atoms with Gasteiger partial charge >= 0.3 is 0 Å². The van der Waals surface area contributed by atoms with Crippen molar-refractivity contribution in [3.63, 3.8) is 0 Å². The van der Waals surface area contributed by atoms with Gasteiger partial charge in [-0.15, -0.1) is 0 Å². The molecular formula is C24H25N3O3. The molecule has 0 unspecified atom stereocenters. The van der Waals surface area contributed by atoms with Gasteiger partial charge in [-0.3, -0.25) is 14.6 Å². The minimum atomic E-state index is -0.712. The molecule has 2 bridgehead atoms. The van der Waals surface area contributed by atoms with Crippen molar-refractivity contribution in [1.29, 1.82) is 0 Å². The zero-order valence-corrected chi connectivity index (χ0v) is 17.4. The largest absolute Gasteiger partial charge is 0.360 e. The molecule has 6 heteroatoms. The molecular weight excluding hydrogens is 378 g/mol. The number of amides is 2. The molecule has 2 saturated heterocycles. The second kappa shape index (κ2) is 6.77. The standard InChI is InChI=1S/C24H25N3O3/c1-15-6-7-18(11-16(15)2)27-14-24-9-8-19(30-24)20(21(24)23(27)29)22(28)26(3)13-17-5-4-10-25-12-17/h4-12,19-21H,13-14H2,1-3H3/t19-,20-,21+,24-/m0/s1. The molecule has 1 aromatic carbocycles.